The minimum Gasteiger partial charge on any atom is -0.258 e. The fraction of sp³-hybridized carbons (Fsp3) is 0.500. The second-order valence-electron chi connectivity index (χ2n) is 3.68. The molecular formula is C8H11NO2S. The Morgan fingerprint density at radius 1 is 1.50 bits per heavy atom. The maximum atomic E-state index is 10.4. The highest BCUT2D eigenvalue weighted by Gasteiger charge is 2.19. The van der Waals surface area contributed by atoms with Crippen LogP contribution in [0.1, 0.15) is 26.3 Å². The molecule has 66 valence electrons. The molecule has 0 saturated heterocycles. The van der Waals surface area contributed by atoms with Gasteiger partial charge in [0.1, 0.15) is 0 Å². The average molecular weight is 185 g/mol. The van der Waals surface area contributed by atoms with E-state index < -0.39 is 0 Å². The van der Waals surface area contributed by atoms with Gasteiger partial charge < -0.3 is 0 Å². The zero-order valence-electron chi connectivity index (χ0n) is 7.33. The summed E-state index contributed by atoms with van der Waals surface area (Å²) in [4.78, 5) is 10.0. The summed E-state index contributed by atoms with van der Waals surface area (Å²) < 4.78 is 0. The van der Waals surface area contributed by atoms with Gasteiger partial charge in [-0.3, -0.25) is 10.1 Å². The Hall–Kier alpha value is -0.900. The molecule has 1 aromatic rings. The summed E-state index contributed by atoms with van der Waals surface area (Å²) in [6.45, 7) is 6.12. The van der Waals surface area contributed by atoms with Gasteiger partial charge in [-0.1, -0.05) is 32.1 Å². The van der Waals surface area contributed by atoms with Crippen LogP contribution in [0.25, 0.3) is 0 Å². The Morgan fingerprint density at radius 2 is 2.08 bits per heavy atom. The first-order valence-electron chi connectivity index (χ1n) is 3.64. The van der Waals surface area contributed by atoms with Crippen LogP contribution < -0.4 is 0 Å². The van der Waals surface area contributed by atoms with Crippen molar-refractivity contribution in [2.75, 3.05) is 0 Å². The third-order valence-corrected chi connectivity index (χ3v) is 2.51. The maximum Gasteiger partial charge on any atom is 0.324 e. The van der Waals surface area contributed by atoms with Gasteiger partial charge in [-0.2, -0.15) is 0 Å². The van der Waals surface area contributed by atoms with Gasteiger partial charge in [0.2, 0.25) is 0 Å². The lowest BCUT2D eigenvalue weighted by Gasteiger charge is -2.15. The molecule has 0 bridgehead atoms. The normalized spacial score (nSPS) is 11.6. The van der Waals surface area contributed by atoms with Crippen molar-refractivity contribution in [2.45, 2.75) is 26.2 Å². The van der Waals surface area contributed by atoms with Crippen molar-refractivity contribution in [2.24, 2.45) is 0 Å². The molecule has 0 aliphatic heterocycles. The number of hydrogen-bond acceptors (Lipinski definition) is 3. The Bertz CT molecular complexity index is 298. The first-order valence-corrected chi connectivity index (χ1v) is 4.52. The Labute approximate surface area is 75.2 Å². The van der Waals surface area contributed by atoms with Crippen molar-refractivity contribution in [1.82, 2.24) is 0 Å². The molecule has 1 aromatic heterocycles. The lowest BCUT2D eigenvalue weighted by Crippen LogP contribution is -2.08. The van der Waals surface area contributed by atoms with E-state index in [0.29, 0.717) is 0 Å². The van der Waals surface area contributed by atoms with E-state index in [1.165, 1.54) is 11.3 Å². The SMILES string of the molecule is CC(C)(C)c1csc([N+](=O)[O-])c1. The van der Waals surface area contributed by atoms with Crippen molar-refractivity contribution >= 4 is 16.3 Å². The number of rotatable bonds is 1. The van der Waals surface area contributed by atoms with Gasteiger partial charge in [-0.05, 0) is 11.0 Å². The van der Waals surface area contributed by atoms with Crippen LogP contribution in [0.5, 0.6) is 0 Å². The van der Waals surface area contributed by atoms with Gasteiger partial charge in [0, 0.05) is 11.4 Å². The molecule has 12 heavy (non-hydrogen) atoms. The molecule has 0 fully saturated rings. The van der Waals surface area contributed by atoms with Crippen LogP contribution in [0.15, 0.2) is 11.4 Å². The van der Waals surface area contributed by atoms with Crippen LogP contribution >= 0.6 is 11.3 Å². The minimum atomic E-state index is -0.347. The molecule has 0 aliphatic carbocycles. The van der Waals surface area contributed by atoms with Crippen LogP contribution in [-0.2, 0) is 5.41 Å². The summed E-state index contributed by atoms with van der Waals surface area (Å²) in [6.07, 6.45) is 0. The smallest absolute Gasteiger partial charge is 0.258 e. The third kappa shape index (κ3) is 1.82. The monoisotopic (exact) mass is 185 g/mol. The van der Waals surface area contributed by atoms with Crippen LogP contribution in [0.3, 0.4) is 0 Å². The number of nitro groups is 1. The quantitative estimate of drug-likeness (QED) is 0.498. The largest absolute Gasteiger partial charge is 0.324 e. The molecule has 0 spiro atoms. The lowest BCUT2D eigenvalue weighted by molar-refractivity contribution is -0.380. The van der Waals surface area contributed by atoms with E-state index in [-0.39, 0.29) is 15.3 Å². The Morgan fingerprint density at radius 3 is 2.33 bits per heavy atom. The van der Waals surface area contributed by atoms with E-state index in [9.17, 15) is 10.1 Å². The summed E-state index contributed by atoms with van der Waals surface area (Å²) in [5.41, 5.74) is 1.03. The summed E-state index contributed by atoms with van der Waals surface area (Å²) in [5, 5.41) is 12.4. The van der Waals surface area contributed by atoms with Crippen molar-refractivity contribution in [3.8, 4) is 0 Å². The maximum absolute atomic E-state index is 10.4. The Kier molecular flexibility index (Phi) is 2.19. The molecule has 0 saturated carbocycles. The predicted octanol–water partition coefficient (Wildman–Crippen LogP) is 2.95. The highest BCUT2D eigenvalue weighted by atomic mass is 32.1. The van der Waals surface area contributed by atoms with E-state index in [1.807, 2.05) is 26.2 Å². The summed E-state index contributed by atoms with van der Waals surface area (Å²) in [5.74, 6) is 0. The minimum absolute atomic E-state index is 0.00472. The summed E-state index contributed by atoms with van der Waals surface area (Å²) in [6, 6.07) is 1.64. The molecule has 0 aromatic carbocycles. The fourth-order valence-electron chi connectivity index (χ4n) is 0.814. The molecule has 1 heterocycles. The van der Waals surface area contributed by atoms with Gasteiger partial charge in [0.15, 0.2) is 0 Å². The fourth-order valence-corrected chi connectivity index (χ4v) is 1.76. The average Bonchev–Trinajstić information content (AvgIpc) is 2.30. The molecule has 3 nitrogen and oxygen atoms in total. The van der Waals surface area contributed by atoms with Crippen LogP contribution in [0, 0.1) is 10.1 Å². The predicted molar refractivity (Wildman–Crippen MR) is 49.7 cm³/mol. The molecular weight excluding hydrogens is 174 g/mol. The van der Waals surface area contributed by atoms with Gasteiger partial charge in [0.05, 0.1) is 4.92 Å². The zero-order chi connectivity index (χ0) is 9.35. The summed E-state index contributed by atoms with van der Waals surface area (Å²) >= 11 is 1.19. The van der Waals surface area contributed by atoms with Crippen molar-refractivity contribution in [3.63, 3.8) is 0 Å². The van der Waals surface area contributed by atoms with E-state index in [1.54, 1.807) is 6.07 Å². The topological polar surface area (TPSA) is 43.1 Å². The van der Waals surface area contributed by atoms with E-state index >= 15 is 0 Å². The Balaban J connectivity index is 3.00. The number of nitrogens with zero attached hydrogens (tertiary/aromatic N) is 1. The van der Waals surface area contributed by atoms with Crippen LogP contribution in [0.2, 0.25) is 0 Å². The highest BCUT2D eigenvalue weighted by Crippen LogP contribution is 2.30. The third-order valence-electron chi connectivity index (χ3n) is 1.63. The molecule has 4 heteroatoms. The molecule has 1 rings (SSSR count). The summed E-state index contributed by atoms with van der Waals surface area (Å²) in [7, 11) is 0. The lowest BCUT2D eigenvalue weighted by atomic mass is 9.89. The van der Waals surface area contributed by atoms with E-state index in [2.05, 4.69) is 0 Å². The van der Waals surface area contributed by atoms with Crippen molar-refractivity contribution < 1.29 is 4.92 Å². The highest BCUT2D eigenvalue weighted by molar-refractivity contribution is 7.13. The molecule has 0 aliphatic rings. The van der Waals surface area contributed by atoms with Gasteiger partial charge in [0.25, 0.3) is 0 Å². The van der Waals surface area contributed by atoms with E-state index in [4.69, 9.17) is 0 Å². The standard InChI is InChI=1S/C8H11NO2S/c1-8(2,3)6-4-7(9(10)11)12-5-6/h4-5H,1-3H3. The van der Waals surface area contributed by atoms with E-state index in [0.717, 1.165) is 5.56 Å². The molecule has 0 radical (unpaired) electrons. The van der Waals surface area contributed by atoms with Gasteiger partial charge in [-0.15, -0.1) is 0 Å². The second-order valence-corrected chi connectivity index (χ2v) is 4.57. The first kappa shape index (κ1) is 9.19. The molecule has 0 unspecified atom stereocenters. The first-order chi connectivity index (χ1) is 5.41. The van der Waals surface area contributed by atoms with Crippen LogP contribution in [-0.4, -0.2) is 4.92 Å². The van der Waals surface area contributed by atoms with Crippen molar-refractivity contribution in [1.29, 1.82) is 0 Å². The number of hydrogen-bond donors (Lipinski definition) is 0. The van der Waals surface area contributed by atoms with Gasteiger partial charge >= 0.3 is 5.00 Å². The molecule has 0 N–H and O–H groups in total. The second kappa shape index (κ2) is 2.86. The zero-order valence-corrected chi connectivity index (χ0v) is 8.14. The molecule has 0 atom stereocenters. The van der Waals surface area contributed by atoms with Crippen LogP contribution in [0.4, 0.5) is 5.00 Å². The van der Waals surface area contributed by atoms with Gasteiger partial charge in [-0.25, -0.2) is 0 Å². The van der Waals surface area contributed by atoms with Crippen molar-refractivity contribution in [3.05, 3.63) is 27.1 Å². The number of thiophene rings is 1. The molecule has 0 amide bonds.